The van der Waals surface area contributed by atoms with Gasteiger partial charge in [-0.25, -0.2) is 0 Å². The molecule has 0 bridgehead atoms. The van der Waals surface area contributed by atoms with Gasteiger partial charge >= 0.3 is 0 Å². The number of unbranched alkanes of at least 4 members (excludes halogenated alkanes) is 1. The number of ether oxygens (including phenoxy) is 1. The molecule has 2 aromatic carbocycles. The second-order valence-electron chi connectivity index (χ2n) is 5.02. The quantitative estimate of drug-likeness (QED) is 0.711. The van der Waals surface area contributed by atoms with Crippen LogP contribution in [0.5, 0.6) is 5.75 Å². The largest absolute Gasteiger partial charge is 0.489 e. The number of hydrogen-bond acceptors (Lipinski definition) is 1. The van der Waals surface area contributed by atoms with Crippen LogP contribution in [0.3, 0.4) is 0 Å². The molecule has 0 heterocycles. The molecule has 0 atom stereocenters. The van der Waals surface area contributed by atoms with Gasteiger partial charge < -0.3 is 4.74 Å². The highest BCUT2D eigenvalue weighted by Crippen LogP contribution is 2.14. The smallest absolute Gasteiger partial charge is 0.119 e. The first kappa shape index (κ1) is 13.7. The van der Waals surface area contributed by atoms with E-state index in [9.17, 15) is 0 Å². The van der Waals surface area contributed by atoms with Gasteiger partial charge in [0, 0.05) is 0 Å². The van der Waals surface area contributed by atoms with Crippen LogP contribution in [0.15, 0.2) is 48.5 Å². The molecule has 2 aromatic rings. The lowest BCUT2D eigenvalue weighted by Gasteiger charge is -2.07. The summed E-state index contributed by atoms with van der Waals surface area (Å²) in [7, 11) is 0. The second-order valence-corrected chi connectivity index (χ2v) is 5.02. The minimum absolute atomic E-state index is 0.636. The molecule has 0 N–H and O–H groups in total. The third-order valence-electron chi connectivity index (χ3n) is 3.27. The fourth-order valence-electron chi connectivity index (χ4n) is 1.98. The van der Waals surface area contributed by atoms with E-state index in [0.29, 0.717) is 6.61 Å². The third-order valence-corrected chi connectivity index (χ3v) is 3.27. The monoisotopic (exact) mass is 254 g/mol. The van der Waals surface area contributed by atoms with E-state index < -0.39 is 0 Å². The summed E-state index contributed by atoms with van der Waals surface area (Å²) < 4.78 is 5.77. The Balaban J connectivity index is 1.87. The molecule has 0 spiro atoms. The van der Waals surface area contributed by atoms with Gasteiger partial charge in [0.15, 0.2) is 0 Å². The normalized spacial score (nSPS) is 10.4. The molecule has 0 aliphatic carbocycles. The molecular weight excluding hydrogens is 232 g/mol. The zero-order chi connectivity index (χ0) is 13.5. The SMILES string of the molecule is CCCCc1ccc(COc2ccc(C)cc2)cc1. The molecule has 0 aliphatic rings. The Morgan fingerprint density at radius 1 is 0.842 bits per heavy atom. The van der Waals surface area contributed by atoms with E-state index in [-0.39, 0.29) is 0 Å². The predicted octanol–water partition coefficient (Wildman–Crippen LogP) is 4.92. The van der Waals surface area contributed by atoms with E-state index in [1.165, 1.54) is 36.0 Å². The molecular formula is C18H22O. The summed E-state index contributed by atoms with van der Waals surface area (Å²) in [5, 5.41) is 0. The van der Waals surface area contributed by atoms with E-state index >= 15 is 0 Å². The standard InChI is InChI=1S/C18H22O/c1-3-4-5-16-8-10-17(11-9-16)14-19-18-12-6-15(2)7-13-18/h6-13H,3-5,14H2,1-2H3. The van der Waals surface area contributed by atoms with Gasteiger partial charge in [-0.3, -0.25) is 0 Å². The Bertz CT molecular complexity index is 482. The van der Waals surface area contributed by atoms with Crippen molar-refractivity contribution in [3.05, 3.63) is 65.2 Å². The van der Waals surface area contributed by atoms with Crippen LogP contribution in [0.1, 0.15) is 36.5 Å². The summed E-state index contributed by atoms with van der Waals surface area (Å²) in [6.07, 6.45) is 3.69. The topological polar surface area (TPSA) is 9.23 Å². The van der Waals surface area contributed by atoms with E-state index in [4.69, 9.17) is 4.74 Å². The molecule has 0 aliphatic heterocycles. The van der Waals surface area contributed by atoms with Gasteiger partial charge in [-0.1, -0.05) is 55.3 Å². The van der Waals surface area contributed by atoms with Gasteiger partial charge in [0.05, 0.1) is 0 Å². The van der Waals surface area contributed by atoms with E-state index in [1.54, 1.807) is 0 Å². The fourth-order valence-corrected chi connectivity index (χ4v) is 1.98. The highest BCUT2D eigenvalue weighted by Gasteiger charge is 1.97. The maximum atomic E-state index is 5.77. The highest BCUT2D eigenvalue weighted by atomic mass is 16.5. The van der Waals surface area contributed by atoms with Crippen LogP contribution in [0.4, 0.5) is 0 Å². The minimum Gasteiger partial charge on any atom is -0.489 e. The number of rotatable bonds is 6. The molecule has 100 valence electrons. The number of hydrogen-bond donors (Lipinski definition) is 0. The van der Waals surface area contributed by atoms with Crippen LogP contribution < -0.4 is 4.74 Å². The maximum absolute atomic E-state index is 5.77. The lowest BCUT2D eigenvalue weighted by molar-refractivity contribution is 0.306. The Hall–Kier alpha value is -1.76. The molecule has 1 nitrogen and oxygen atoms in total. The van der Waals surface area contributed by atoms with E-state index in [1.807, 2.05) is 12.1 Å². The van der Waals surface area contributed by atoms with E-state index in [2.05, 4.69) is 50.2 Å². The lowest BCUT2D eigenvalue weighted by Crippen LogP contribution is -1.95. The van der Waals surface area contributed by atoms with Crippen LogP contribution in [0.2, 0.25) is 0 Å². The Morgan fingerprint density at radius 2 is 1.47 bits per heavy atom. The fraction of sp³-hybridized carbons (Fsp3) is 0.333. The van der Waals surface area contributed by atoms with Crippen LogP contribution in [0, 0.1) is 6.92 Å². The van der Waals surface area contributed by atoms with Gasteiger partial charge in [-0.05, 0) is 43.0 Å². The van der Waals surface area contributed by atoms with E-state index in [0.717, 1.165) is 5.75 Å². The summed E-state index contributed by atoms with van der Waals surface area (Å²) >= 11 is 0. The Kier molecular flexibility index (Phi) is 5.02. The first-order valence-electron chi connectivity index (χ1n) is 7.05. The molecule has 0 fully saturated rings. The average Bonchev–Trinajstić information content (AvgIpc) is 2.46. The Labute approximate surface area is 116 Å². The van der Waals surface area contributed by atoms with Crippen molar-refractivity contribution in [3.63, 3.8) is 0 Å². The van der Waals surface area contributed by atoms with Gasteiger partial charge in [-0.2, -0.15) is 0 Å². The van der Waals surface area contributed by atoms with Crippen molar-refractivity contribution in [3.8, 4) is 5.75 Å². The number of benzene rings is 2. The van der Waals surface area contributed by atoms with Crippen LogP contribution in [-0.2, 0) is 13.0 Å². The molecule has 0 unspecified atom stereocenters. The van der Waals surface area contributed by atoms with Crippen molar-refractivity contribution in [2.24, 2.45) is 0 Å². The van der Waals surface area contributed by atoms with Crippen molar-refractivity contribution < 1.29 is 4.74 Å². The molecule has 0 amide bonds. The van der Waals surface area contributed by atoms with Crippen molar-refractivity contribution in [1.82, 2.24) is 0 Å². The van der Waals surface area contributed by atoms with Crippen LogP contribution in [-0.4, -0.2) is 0 Å². The zero-order valence-corrected chi connectivity index (χ0v) is 11.9. The first-order chi connectivity index (χ1) is 9.28. The van der Waals surface area contributed by atoms with Crippen LogP contribution >= 0.6 is 0 Å². The molecule has 1 heteroatoms. The summed E-state index contributed by atoms with van der Waals surface area (Å²) in [5.41, 5.74) is 3.90. The Morgan fingerprint density at radius 3 is 2.11 bits per heavy atom. The summed E-state index contributed by atoms with van der Waals surface area (Å²) in [4.78, 5) is 0. The van der Waals surface area contributed by atoms with Gasteiger partial charge in [0.2, 0.25) is 0 Å². The lowest BCUT2D eigenvalue weighted by atomic mass is 10.1. The summed E-state index contributed by atoms with van der Waals surface area (Å²) in [5.74, 6) is 0.931. The predicted molar refractivity (Wildman–Crippen MR) is 80.6 cm³/mol. The zero-order valence-electron chi connectivity index (χ0n) is 11.9. The number of aryl methyl sites for hydroxylation is 2. The van der Waals surface area contributed by atoms with Crippen molar-refractivity contribution in [1.29, 1.82) is 0 Å². The van der Waals surface area contributed by atoms with Crippen LogP contribution in [0.25, 0.3) is 0 Å². The summed E-state index contributed by atoms with van der Waals surface area (Å²) in [6.45, 7) is 4.94. The molecule has 0 radical (unpaired) electrons. The molecule has 0 saturated heterocycles. The summed E-state index contributed by atoms with van der Waals surface area (Å²) in [6, 6.07) is 16.9. The van der Waals surface area contributed by atoms with Crippen molar-refractivity contribution in [2.45, 2.75) is 39.7 Å². The van der Waals surface area contributed by atoms with Gasteiger partial charge in [0.25, 0.3) is 0 Å². The minimum atomic E-state index is 0.636. The molecule has 2 rings (SSSR count). The average molecular weight is 254 g/mol. The molecule has 0 saturated carbocycles. The maximum Gasteiger partial charge on any atom is 0.119 e. The van der Waals surface area contributed by atoms with Gasteiger partial charge in [-0.15, -0.1) is 0 Å². The van der Waals surface area contributed by atoms with Gasteiger partial charge in [0.1, 0.15) is 12.4 Å². The van der Waals surface area contributed by atoms with Crippen molar-refractivity contribution >= 4 is 0 Å². The molecule has 19 heavy (non-hydrogen) atoms. The van der Waals surface area contributed by atoms with Crippen molar-refractivity contribution in [2.75, 3.05) is 0 Å². The highest BCUT2D eigenvalue weighted by molar-refractivity contribution is 5.27. The first-order valence-corrected chi connectivity index (χ1v) is 7.05. The second kappa shape index (κ2) is 6.98. The molecule has 0 aromatic heterocycles. The third kappa shape index (κ3) is 4.44.